The Kier molecular flexibility index (Phi) is 5.51. The van der Waals surface area contributed by atoms with E-state index in [0.717, 1.165) is 45.1 Å². The van der Waals surface area contributed by atoms with E-state index in [4.69, 9.17) is 9.26 Å². The number of aromatic nitrogens is 2. The zero-order valence-corrected chi connectivity index (χ0v) is 13.0. The van der Waals surface area contributed by atoms with Crippen LogP contribution in [0.25, 0.3) is 0 Å². The fourth-order valence-corrected chi connectivity index (χ4v) is 2.80. The number of piperazine rings is 1. The highest BCUT2D eigenvalue weighted by Crippen LogP contribution is 2.23. The highest BCUT2D eigenvalue weighted by Gasteiger charge is 2.30. The molecule has 1 aromatic rings. The summed E-state index contributed by atoms with van der Waals surface area (Å²) in [6, 6.07) is 0.764. The van der Waals surface area contributed by atoms with Crippen molar-refractivity contribution in [1.82, 2.24) is 19.9 Å². The predicted molar refractivity (Wildman–Crippen MR) is 76.6 cm³/mol. The normalized spacial score (nSPS) is 23.1. The SMILES string of the molecule is CC[C@@H]1CN([C@H](C)c2nc(C)no2)CCN1CCOC. The molecule has 0 bridgehead atoms. The predicted octanol–water partition coefficient (Wildman–Crippen LogP) is 1.48. The maximum atomic E-state index is 5.30. The molecule has 0 unspecified atom stereocenters. The number of hydrogen-bond acceptors (Lipinski definition) is 6. The van der Waals surface area contributed by atoms with E-state index in [2.05, 4.69) is 33.8 Å². The number of hydrogen-bond donors (Lipinski definition) is 0. The van der Waals surface area contributed by atoms with Crippen LogP contribution in [0, 0.1) is 6.92 Å². The van der Waals surface area contributed by atoms with Crippen molar-refractivity contribution < 1.29 is 9.26 Å². The lowest BCUT2D eigenvalue weighted by Crippen LogP contribution is -2.54. The van der Waals surface area contributed by atoms with E-state index < -0.39 is 0 Å². The molecule has 1 aliphatic heterocycles. The van der Waals surface area contributed by atoms with Crippen molar-refractivity contribution in [3.05, 3.63) is 11.7 Å². The van der Waals surface area contributed by atoms with Crippen molar-refractivity contribution in [1.29, 1.82) is 0 Å². The molecule has 1 aromatic heterocycles. The summed E-state index contributed by atoms with van der Waals surface area (Å²) in [5.74, 6) is 1.43. The fourth-order valence-electron chi connectivity index (χ4n) is 2.80. The first-order chi connectivity index (χ1) is 9.65. The Morgan fingerprint density at radius 3 is 2.85 bits per heavy atom. The van der Waals surface area contributed by atoms with E-state index in [0.29, 0.717) is 11.9 Å². The van der Waals surface area contributed by atoms with Gasteiger partial charge in [0.1, 0.15) is 0 Å². The molecular weight excluding hydrogens is 256 g/mol. The Bertz CT molecular complexity index is 410. The molecule has 0 spiro atoms. The number of aryl methyl sites for hydroxylation is 1. The minimum absolute atomic E-state index is 0.190. The average Bonchev–Trinajstić information content (AvgIpc) is 2.90. The second kappa shape index (κ2) is 7.15. The molecule has 114 valence electrons. The summed E-state index contributed by atoms with van der Waals surface area (Å²) >= 11 is 0. The molecule has 1 fully saturated rings. The van der Waals surface area contributed by atoms with Crippen molar-refractivity contribution in [3.63, 3.8) is 0 Å². The van der Waals surface area contributed by atoms with Gasteiger partial charge in [0.15, 0.2) is 5.82 Å². The number of nitrogens with zero attached hydrogens (tertiary/aromatic N) is 4. The maximum absolute atomic E-state index is 5.30. The second-order valence-corrected chi connectivity index (χ2v) is 5.44. The van der Waals surface area contributed by atoms with Gasteiger partial charge in [0.2, 0.25) is 5.89 Å². The van der Waals surface area contributed by atoms with Crippen molar-refractivity contribution in [2.75, 3.05) is 39.9 Å². The van der Waals surface area contributed by atoms with Crippen LogP contribution in [0.1, 0.15) is 38.0 Å². The van der Waals surface area contributed by atoms with Crippen LogP contribution in [-0.4, -0.2) is 65.9 Å². The zero-order valence-electron chi connectivity index (χ0n) is 13.0. The summed E-state index contributed by atoms with van der Waals surface area (Å²) < 4.78 is 10.5. The first-order valence-corrected chi connectivity index (χ1v) is 7.43. The van der Waals surface area contributed by atoms with Gasteiger partial charge in [-0.15, -0.1) is 0 Å². The van der Waals surface area contributed by atoms with E-state index in [-0.39, 0.29) is 6.04 Å². The van der Waals surface area contributed by atoms with Crippen molar-refractivity contribution in [2.24, 2.45) is 0 Å². The second-order valence-electron chi connectivity index (χ2n) is 5.44. The number of ether oxygens (including phenoxy) is 1. The molecule has 2 atom stereocenters. The molecule has 2 heterocycles. The lowest BCUT2D eigenvalue weighted by molar-refractivity contribution is 0.0267. The first kappa shape index (κ1) is 15.4. The number of rotatable bonds is 6. The van der Waals surface area contributed by atoms with Crippen LogP contribution >= 0.6 is 0 Å². The van der Waals surface area contributed by atoms with E-state index in [1.165, 1.54) is 0 Å². The Balaban J connectivity index is 1.95. The highest BCUT2D eigenvalue weighted by molar-refractivity contribution is 4.93. The summed E-state index contributed by atoms with van der Waals surface area (Å²) in [6.07, 6.45) is 1.15. The number of methoxy groups -OCH3 is 1. The Hall–Kier alpha value is -0.980. The summed E-state index contributed by atoms with van der Waals surface area (Å²) in [6.45, 7) is 11.2. The van der Waals surface area contributed by atoms with Gasteiger partial charge in [0.05, 0.1) is 12.6 Å². The van der Waals surface area contributed by atoms with Crippen molar-refractivity contribution >= 4 is 0 Å². The first-order valence-electron chi connectivity index (χ1n) is 7.43. The van der Waals surface area contributed by atoms with Gasteiger partial charge in [-0.25, -0.2) is 0 Å². The summed E-state index contributed by atoms with van der Waals surface area (Å²) in [5.41, 5.74) is 0. The quantitative estimate of drug-likeness (QED) is 0.788. The average molecular weight is 282 g/mol. The van der Waals surface area contributed by atoms with Crippen LogP contribution in [0.3, 0.4) is 0 Å². The fraction of sp³-hybridized carbons (Fsp3) is 0.857. The van der Waals surface area contributed by atoms with Gasteiger partial charge in [-0.1, -0.05) is 12.1 Å². The Morgan fingerprint density at radius 1 is 1.45 bits per heavy atom. The van der Waals surface area contributed by atoms with Gasteiger partial charge >= 0.3 is 0 Å². The third-order valence-electron chi connectivity index (χ3n) is 4.14. The van der Waals surface area contributed by atoms with Crippen LogP contribution in [0.5, 0.6) is 0 Å². The summed E-state index contributed by atoms with van der Waals surface area (Å²) in [4.78, 5) is 9.31. The molecule has 0 radical (unpaired) electrons. The molecule has 20 heavy (non-hydrogen) atoms. The molecule has 0 aromatic carbocycles. The molecule has 6 nitrogen and oxygen atoms in total. The molecule has 2 rings (SSSR count). The topological polar surface area (TPSA) is 54.6 Å². The standard InChI is InChI=1S/C14H26N4O2/c1-5-13-10-18(7-6-17(13)8-9-19-4)11(2)14-15-12(3)16-20-14/h11,13H,5-10H2,1-4H3/t11-,13-/m1/s1. The Labute approximate surface area is 121 Å². The largest absolute Gasteiger partial charge is 0.383 e. The highest BCUT2D eigenvalue weighted by atomic mass is 16.5. The monoisotopic (exact) mass is 282 g/mol. The van der Waals surface area contributed by atoms with Crippen LogP contribution in [0.2, 0.25) is 0 Å². The lowest BCUT2D eigenvalue weighted by atomic mass is 10.1. The van der Waals surface area contributed by atoms with Crippen molar-refractivity contribution in [2.45, 2.75) is 39.3 Å². The van der Waals surface area contributed by atoms with Crippen LogP contribution in [-0.2, 0) is 4.74 Å². The molecule has 0 N–H and O–H groups in total. The third kappa shape index (κ3) is 3.56. The van der Waals surface area contributed by atoms with Crippen LogP contribution < -0.4 is 0 Å². The minimum Gasteiger partial charge on any atom is -0.383 e. The summed E-state index contributed by atoms with van der Waals surface area (Å²) in [7, 11) is 1.76. The van der Waals surface area contributed by atoms with Gasteiger partial charge in [-0.3, -0.25) is 9.80 Å². The van der Waals surface area contributed by atoms with E-state index in [9.17, 15) is 0 Å². The van der Waals surface area contributed by atoms with E-state index in [1.807, 2.05) is 6.92 Å². The Morgan fingerprint density at radius 2 is 2.25 bits per heavy atom. The van der Waals surface area contributed by atoms with E-state index in [1.54, 1.807) is 7.11 Å². The van der Waals surface area contributed by atoms with Gasteiger partial charge < -0.3 is 9.26 Å². The third-order valence-corrected chi connectivity index (χ3v) is 4.14. The summed E-state index contributed by atoms with van der Waals surface area (Å²) in [5, 5.41) is 3.89. The molecule has 6 heteroatoms. The van der Waals surface area contributed by atoms with Crippen LogP contribution in [0.4, 0.5) is 0 Å². The van der Waals surface area contributed by atoms with Gasteiger partial charge in [0, 0.05) is 39.3 Å². The molecule has 1 aliphatic rings. The van der Waals surface area contributed by atoms with Crippen molar-refractivity contribution in [3.8, 4) is 0 Å². The van der Waals surface area contributed by atoms with Crippen LogP contribution in [0.15, 0.2) is 4.52 Å². The lowest BCUT2D eigenvalue weighted by Gasteiger charge is -2.42. The van der Waals surface area contributed by atoms with Gasteiger partial charge in [-0.2, -0.15) is 4.98 Å². The smallest absolute Gasteiger partial charge is 0.243 e. The minimum atomic E-state index is 0.190. The molecule has 0 aliphatic carbocycles. The molecule has 0 saturated carbocycles. The zero-order chi connectivity index (χ0) is 14.5. The molecule has 1 saturated heterocycles. The van der Waals surface area contributed by atoms with Gasteiger partial charge in [0.25, 0.3) is 0 Å². The molecular formula is C14H26N4O2. The van der Waals surface area contributed by atoms with E-state index >= 15 is 0 Å². The molecule has 0 amide bonds. The van der Waals surface area contributed by atoms with Gasteiger partial charge in [-0.05, 0) is 20.3 Å². The maximum Gasteiger partial charge on any atom is 0.243 e.